The van der Waals surface area contributed by atoms with Gasteiger partial charge in [0.1, 0.15) is 5.82 Å². The molecule has 1 aromatic carbocycles. The highest BCUT2D eigenvalue weighted by Crippen LogP contribution is 2.14. The summed E-state index contributed by atoms with van der Waals surface area (Å²) in [5, 5.41) is 6.04. The Morgan fingerprint density at radius 1 is 1.63 bits per heavy atom. The third-order valence-electron chi connectivity index (χ3n) is 3.14. The predicted molar refractivity (Wildman–Crippen MR) is 70.2 cm³/mol. The smallest absolute Gasteiger partial charge is 0.223 e. The maximum Gasteiger partial charge on any atom is 0.223 e. The van der Waals surface area contributed by atoms with Gasteiger partial charge in [0.25, 0.3) is 0 Å². The van der Waals surface area contributed by atoms with Gasteiger partial charge in [0, 0.05) is 13.1 Å². The Kier molecular flexibility index (Phi) is 4.87. The summed E-state index contributed by atoms with van der Waals surface area (Å²) in [6.07, 6.45) is 0.251. The van der Waals surface area contributed by atoms with E-state index >= 15 is 0 Å². The molecule has 2 N–H and O–H groups in total. The van der Waals surface area contributed by atoms with Gasteiger partial charge in [-0.25, -0.2) is 4.39 Å². The van der Waals surface area contributed by atoms with E-state index in [1.54, 1.807) is 12.1 Å². The van der Waals surface area contributed by atoms with E-state index in [9.17, 15) is 9.18 Å². The lowest BCUT2D eigenvalue weighted by Crippen LogP contribution is -2.41. The maximum atomic E-state index is 13.1. The predicted octanol–water partition coefficient (Wildman–Crippen LogP) is 1.38. The average Bonchev–Trinajstić information content (AvgIpc) is 2.39. The van der Waals surface area contributed by atoms with Crippen molar-refractivity contribution in [2.45, 2.75) is 25.5 Å². The minimum atomic E-state index is -0.293. The van der Waals surface area contributed by atoms with Gasteiger partial charge in [0.15, 0.2) is 0 Å². The summed E-state index contributed by atoms with van der Waals surface area (Å²) in [6.45, 7) is 4.00. The summed E-state index contributed by atoms with van der Waals surface area (Å²) >= 11 is 0. The van der Waals surface area contributed by atoms with Crippen LogP contribution in [0.15, 0.2) is 24.3 Å². The van der Waals surface area contributed by atoms with Crippen molar-refractivity contribution in [3.05, 3.63) is 35.6 Å². The van der Waals surface area contributed by atoms with Crippen molar-refractivity contribution in [3.8, 4) is 0 Å². The number of amides is 1. The normalized spacial score (nSPS) is 20.8. The van der Waals surface area contributed by atoms with Gasteiger partial charge < -0.3 is 15.4 Å². The number of carbonyl (C=O) groups is 1. The monoisotopic (exact) mass is 266 g/mol. The molecule has 5 heteroatoms. The molecule has 1 aliphatic rings. The summed E-state index contributed by atoms with van der Waals surface area (Å²) in [7, 11) is 0. The number of hydrogen-bond donors (Lipinski definition) is 2. The molecular weight excluding hydrogens is 247 g/mol. The molecule has 2 unspecified atom stereocenters. The molecule has 0 saturated carbocycles. The van der Waals surface area contributed by atoms with E-state index in [2.05, 4.69) is 10.6 Å². The van der Waals surface area contributed by atoms with Crippen LogP contribution in [0.3, 0.4) is 0 Å². The second-order valence-electron chi connectivity index (χ2n) is 4.75. The third kappa shape index (κ3) is 4.29. The van der Waals surface area contributed by atoms with Gasteiger partial charge in [0.05, 0.1) is 25.2 Å². The summed E-state index contributed by atoms with van der Waals surface area (Å²) in [5.41, 5.74) is 0.760. The molecule has 0 aliphatic carbocycles. The molecule has 0 aromatic heterocycles. The van der Waals surface area contributed by atoms with Gasteiger partial charge in [-0.2, -0.15) is 0 Å². The second-order valence-corrected chi connectivity index (χ2v) is 4.75. The molecule has 4 nitrogen and oxygen atoms in total. The molecule has 104 valence electrons. The first-order valence-corrected chi connectivity index (χ1v) is 6.52. The van der Waals surface area contributed by atoms with E-state index in [4.69, 9.17) is 4.74 Å². The molecule has 1 amide bonds. The summed E-state index contributed by atoms with van der Waals surface area (Å²) < 4.78 is 18.6. The van der Waals surface area contributed by atoms with E-state index in [0.717, 1.165) is 12.1 Å². The zero-order valence-corrected chi connectivity index (χ0v) is 11.0. The molecule has 1 fully saturated rings. The highest BCUT2D eigenvalue weighted by molar-refractivity contribution is 5.77. The van der Waals surface area contributed by atoms with Crippen LogP contribution in [0.4, 0.5) is 4.39 Å². The molecule has 1 aromatic rings. The lowest BCUT2D eigenvalue weighted by molar-refractivity contribution is -0.125. The second kappa shape index (κ2) is 6.63. The van der Waals surface area contributed by atoms with Crippen LogP contribution >= 0.6 is 0 Å². The summed E-state index contributed by atoms with van der Waals surface area (Å²) in [5.74, 6) is -0.371. The first-order chi connectivity index (χ1) is 9.15. The fourth-order valence-electron chi connectivity index (χ4n) is 2.12. The van der Waals surface area contributed by atoms with E-state index in [1.807, 2.05) is 6.92 Å². The average molecular weight is 266 g/mol. The molecule has 0 spiro atoms. The first-order valence-electron chi connectivity index (χ1n) is 6.52. The zero-order valence-electron chi connectivity index (χ0n) is 11.0. The van der Waals surface area contributed by atoms with Crippen molar-refractivity contribution < 1.29 is 13.9 Å². The van der Waals surface area contributed by atoms with Gasteiger partial charge in [-0.1, -0.05) is 12.1 Å². The van der Waals surface area contributed by atoms with E-state index in [1.165, 1.54) is 12.1 Å². The largest absolute Gasteiger partial charge is 0.375 e. The van der Waals surface area contributed by atoms with E-state index < -0.39 is 0 Å². The van der Waals surface area contributed by atoms with Gasteiger partial charge in [-0.3, -0.25) is 4.79 Å². The van der Waals surface area contributed by atoms with E-state index in [-0.39, 0.29) is 23.9 Å². The number of hydrogen-bond acceptors (Lipinski definition) is 3. The van der Waals surface area contributed by atoms with Crippen molar-refractivity contribution in [3.63, 3.8) is 0 Å². The molecule has 0 bridgehead atoms. The topological polar surface area (TPSA) is 50.4 Å². The highest BCUT2D eigenvalue weighted by atomic mass is 19.1. The Morgan fingerprint density at radius 3 is 3.16 bits per heavy atom. The van der Waals surface area contributed by atoms with Crippen LogP contribution in [0.25, 0.3) is 0 Å². The Hall–Kier alpha value is -1.46. The molecule has 1 saturated heterocycles. The minimum absolute atomic E-state index is 0.0755. The molecule has 19 heavy (non-hydrogen) atoms. The number of ether oxygens (including phenoxy) is 1. The van der Waals surface area contributed by atoms with Crippen LogP contribution in [0.1, 0.15) is 24.9 Å². The highest BCUT2D eigenvalue weighted by Gasteiger charge is 2.18. The lowest BCUT2D eigenvalue weighted by Gasteiger charge is -2.24. The Balaban J connectivity index is 1.84. The van der Waals surface area contributed by atoms with Crippen molar-refractivity contribution in [2.24, 2.45) is 0 Å². The maximum absolute atomic E-state index is 13.1. The number of nitrogens with one attached hydrogen (secondary N) is 2. The molecule has 1 aliphatic heterocycles. The van der Waals surface area contributed by atoms with Crippen LogP contribution in [-0.2, 0) is 9.53 Å². The Labute approximate surface area is 112 Å². The molecule has 2 atom stereocenters. The number of rotatable bonds is 4. The number of carbonyl (C=O) groups excluding carboxylic acids is 1. The Morgan fingerprint density at radius 2 is 2.47 bits per heavy atom. The quantitative estimate of drug-likeness (QED) is 0.865. The lowest BCUT2D eigenvalue weighted by atomic mass is 10.1. The standard InChI is InChI=1S/C14H19FN2O2/c1-10(11-3-2-4-12(15)7-11)17-14(18)8-13-9-16-5-6-19-13/h2-4,7,10,13,16H,5-6,8-9H2,1H3,(H,17,18). The van der Waals surface area contributed by atoms with Gasteiger partial charge in [-0.05, 0) is 24.6 Å². The van der Waals surface area contributed by atoms with Gasteiger partial charge >= 0.3 is 0 Å². The summed E-state index contributed by atoms with van der Waals surface area (Å²) in [4.78, 5) is 11.9. The summed E-state index contributed by atoms with van der Waals surface area (Å²) in [6, 6.07) is 6.05. The molecule has 2 rings (SSSR count). The van der Waals surface area contributed by atoms with Crippen molar-refractivity contribution in [1.82, 2.24) is 10.6 Å². The first kappa shape index (κ1) is 14.0. The number of halogens is 1. The zero-order chi connectivity index (χ0) is 13.7. The Bertz CT molecular complexity index is 433. The third-order valence-corrected chi connectivity index (χ3v) is 3.14. The van der Waals surface area contributed by atoms with Crippen LogP contribution in [0.2, 0.25) is 0 Å². The number of benzene rings is 1. The van der Waals surface area contributed by atoms with E-state index in [0.29, 0.717) is 19.6 Å². The van der Waals surface area contributed by atoms with Crippen molar-refractivity contribution in [2.75, 3.05) is 19.7 Å². The van der Waals surface area contributed by atoms with Gasteiger partial charge in [-0.15, -0.1) is 0 Å². The van der Waals surface area contributed by atoms with Crippen molar-refractivity contribution >= 4 is 5.91 Å². The van der Waals surface area contributed by atoms with Crippen LogP contribution in [-0.4, -0.2) is 31.7 Å². The molecular formula is C14H19FN2O2. The number of morpholine rings is 1. The van der Waals surface area contributed by atoms with Crippen LogP contribution < -0.4 is 10.6 Å². The SMILES string of the molecule is CC(NC(=O)CC1CNCCO1)c1cccc(F)c1. The minimum Gasteiger partial charge on any atom is -0.375 e. The van der Waals surface area contributed by atoms with Crippen molar-refractivity contribution in [1.29, 1.82) is 0 Å². The van der Waals surface area contributed by atoms with Crippen LogP contribution in [0.5, 0.6) is 0 Å². The molecule has 1 heterocycles. The fourth-order valence-corrected chi connectivity index (χ4v) is 2.12. The van der Waals surface area contributed by atoms with Gasteiger partial charge in [0.2, 0.25) is 5.91 Å². The fraction of sp³-hybridized carbons (Fsp3) is 0.500. The molecule has 0 radical (unpaired) electrons. The van der Waals surface area contributed by atoms with Crippen LogP contribution in [0, 0.1) is 5.82 Å².